The third-order valence-corrected chi connectivity index (χ3v) is 4.60. The quantitative estimate of drug-likeness (QED) is 0.905. The summed E-state index contributed by atoms with van der Waals surface area (Å²) in [4.78, 5) is 24.3. The molecule has 2 atom stereocenters. The Labute approximate surface area is 117 Å². The molecule has 1 aliphatic heterocycles. The van der Waals surface area contributed by atoms with Gasteiger partial charge in [-0.15, -0.1) is 11.8 Å². The predicted octanol–water partition coefficient (Wildman–Crippen LogP) is 2.50. The molecule has 0 aliphatic carbocycles. The van der Waals surface area contributed by atoms with Gasteiger partial charge in [-0.25, -0.2) is 4.79 Å². The van der Waals surface area contributed by atoms with Gasteiger partial charge in [-0.1, -0.05) is 28.1 Å². The monoisotopic (exact) mass is 329 g/mol. The van der Waals surface area contributed by atoms with Crippen LogP contribution in [0.2, 0.25) is 0 Å². The highest BCUT2D eigenvalue weighted by atomic mass is 79.9. The molecule has 1 aromatic carbocycles. The van der Waals surface area contributed by atoms with Crippen molar-refractivity contribution in [2.24, 2.45) is 0 Å². The number of benzene rings is 1. The largest absolute Gasteiger partial charge is 0.480 e. The van der Waals surface area contributed by atoms with Crippen molar-refractivity contribution in [3.8, 4) is 0 Å². The first-order chi connectivity index (χ1) is 8.50. The second-order valence-electron chi connectivity index (χ2n) is 4.02. The minimum absolute atomic E-state index is 0.211. The molecule has 1 heterocycles. The Bertz CT molecular complexity index is 494. The van der Waals surface area contributed by atoms with Gasteiger partial charge < -0.3 is 10.0 Å². The fourth-order valence-electron chi connectivity index (χ4n) is 2.00. The molecule has 0 radical (unpaired) electrons. The Kier molecular flexibility index (Phi) is 3.97. The summed E-state index contributed by atoms with van der Waals surface area (Å²) in [5, 5.41) is 8.91. The fourth-order valence-corrected chi connectivity index (χ4v) is 3.88. The number of carbonyl (C=O) groups is 2. The first kappa shape index (κ1) is 13.4. The van der Waals surface area contributed by atoms with Crippen molar-refractivity contribution in [1.82, 2.24) is 4.90 Å². The van der Waals surface area contributed by atoms with Crippen LogP contribution < -0.4 is 0 Å². The number of hydrogen-bond donors (Lipinski definition) is 1. The van der Waals surface area contributed by atoms with Crippen LogP contribution in [0.1, 0.15) is 17.9 Å². The number of carboxylic acid groups (broad SMARTS) is 1. The van der Waals surface area contributed by atoms with Crippen molar-refractivity contribution < 1.29 is 14.7 Å². The second-order valence-corrected chi connectivity index (χ2v) is 6.05. The second kappa shape index (κ2) is 5.32. The lowest BCUT2D eigenvalue weighted by Gasteiger charge is -2.26. The number of amides is 1. The molecule has 0 aromatic heterocycles. The van der Waals surface area contributed by atoms with Gasteiger partial charge in [0.05, 0.1) is 0 Å². The van der Waals surface area contributed by atoms with Crippen molar-refractivity contribution in [2.45, 2.75) is 18.3 Å². The molecule has 18 heavy (non-hydrogen) atoms. The summed E-state index contributed by atoms with van der Waals surface area (Å²) in [5.41, 5.74) is 0.938. The standard InChI is InChI=1S/C12H12BrNO3S/c1-7(15)14-10(12(16)17)6-18-11(14)8-3-2-4-9(13)5-8/h2-5,10-11H,6H2,1H3,(H,16,17)/t10-,11+/m0/s1. The van der Waals surface area contributed by atoms with Crippen LogP contribution in [-0.4, -0.2) is 33.7 Å². The predicted molar refractivity (Wildman–Crippen MR) is 73.3 cm³/mol. The van der Waals surface area contributed by atoms with Gasteiger partial charge >= 0.3 is 5.97 Å². The van der Waals surface area contributed by atoms with Gasteiger partial charge in [0.25, 0.3) is 0 Å². The zero-order valence-corrected chi connectivity index (χ0v) is 12.1. The number of carbonyl (C=O) groups excluding carboxylic acids is 1. The van der Waals surface area contributed by atoms with Crippen LogP contribution in [0.5, 0.6) is 0 Å². The number of carboxylic acids is 1. The lowest BCUT2D eigenvalue weighted by Crippen LogP contribution is -2.41. The van der Waals surface area contributed by atoms with Crippen LogP contribution in [0.4, 0.5) is 0 Å². The van der Waals surface area contributed by atoms with Gasteiger partial charge in [0, 0.05) is 17.1 Å². The van der Waals surface area contributed by atoms with E-state index < -0.39 is 12.0 Å². The van der Waals surface area contributed by atoms with Crippen LogP contribution in [0.3, 0.4) is 0 Å². The van der Waals surface area contributed by atoms with E-state index in [1.54, 1.807) is 0 Å². The summed E-state index contributed by atoms with van der Waals surface area (Å²) < 4.78 is 0.919. The third-order valence-electron chi connectivity index (χ3n) is 2.78. The van der Waals surface area contributed by atoms with Crippen LogP contribution in [-0.2, 0) is 9.59 Å². The topological polar surface area (TPSA) is 57.6 Å². The number of thioether (sulfide) groups is 1. The number of hydrogen-bond acceptors (Lipinski definition) is 3. The molecule has 96 valence electrons. The maximum Gasteiger partial charge on any atom is 0.327 e. The maximum atomic E-state index is 11.7. The lowest BCUT2D eigenvalue weighted by atomic mass is 10.2. The van der Waals surface area contributed by atoms with E-state index in [-0.39, 0.29) is 11.3 Å². The zero-order chi connectivity index (χ0) is 13.3. The van der Waals surface area contributed by atoms with Crippen molar-refractivity contribution >= 4 is 39.6 Å². The van der Waals surface area contributed by atoms with Gasteiger partial charge in [-0.2, -0.15) is 0 Å². The Hall–Kier alpha value is -1.01. The van der Waals surface area contributed by atoms with E-state index in [1.165, 1.54) is 23.6 Å². The molecule has 2 rings (SSSR count). The number of aliphatic carboxylic acids is 1. The molecular formula is C12H12BrNO3S. The first-order valence-corrected chi connectivity index (χ1v) is 7.23. The van der Waals surface area contributed by atoms with Crippen molar-refractivity contribution in [3.63, 3.8) is 0 Å². The SMILES string of the molecule is CC(=O)N1[C@@H](c2cccc(Br)c2)SC[C@H]1C(=O)O. The summed E-state index contributed by atoms with van der Waals surface area (Å²) >= 11 is 4.86. The minimum atomic E-state index is -0.949. The van der Waals surface area contributed by atoms with Crippen LogP contribution in [0.25, 0.3) is 0 Å². The Morgan fingerprint density at radius 1 is 1.50 bits per heavy atom. The minimum Gasteiger partial charge on any atom is -0.480 e. The normalized spacial score (nSPS) is 23.1. The van der Waals surface area contributed by atoms with Crippen LogP contribution in [0.15, 0.2) is 28.7 Å². The van der Waals surface area contributed by atoms with E-state index in [4.69, 9.17) is 5.11 Å². The molecule has 0 unspecified atom stereocenters. The Morgan fingerprint density at radius 2 is 2.22 bits per heavy atom. The smallest absolute Gasteiger partial charge is 0.327 e. The first-order valence-electron chi connectivity index (χ1n) is 5.39. The summed E-state index contributed by atoms with van der Waals surface area (Å²) in [6.07, 6.45) is 0. The molecule has 4 nitrogen and oxygen atoms in total. The van der Waals surface area contributed by atoms with Crippen LogP contribution >= 0.6 is 27.7 Å². The third kappa shape index (κ3) is 2.54. The number of nitrogens with zero attached hydrogens (tertiary/aromatic N) is 1. The van der Waals surface area contributed by atoms with Gasteiger partial charge in [-0.3, -0.25) is 4.79 Å². The molecule has 6 heteroatoms. The van der Waals surface area contributed by atoms with Crippen molar-refractivity contribution in [2.75, 3.05) is 5.75 Å². The fraction of sp³-hybridized carbons (Fsp3) is 0.333. The summed E-state index contributed by atoms with van der Waals surface area (Å²) in [7, 11) is 0. The van der Waals surface area contributed by atoms with Crippen LogP contribution in [0, 0.1) is 0 Å². The highest BCUT2D eigenvalue weighted by Crippen LogP contribution is 2.41. The van der Waals surface area contributed by atoms with E-state index in [2.05, 4.69) is 15.9 Å². The Balaban J connectivity index is 2.33. The molecule has 0 saturated carbocycles. The van der Waals surface area contributed by atoms with Gasteiger partial charge in [-0.05, 0) is 17.7 Å². The molecule has 1 aromatic rings. The van der Waals surface area contributed by atoms with Gasteiger partial charge in [0.15, 0.2) is 0 Å². The van der Waals surface area contributed by atoms with E-state index in [0.29, 0.717) is 5.75 Å². The van der Waals surface area contributed by atoms with Gasteiger partial charge in [0.2, 0.25) is 5.91 Å². The van der Waals surface area contributed by atoms with E-state index >= 15 is 0 Å². The molecule has 0 bridgehead atoms. The van der Waals surface area contributed by atoms with E-state index in [0.717, 1.165) is 10.0 Å². The molecule has 1 fully saturated rings. The lowest BCUT2D eigenvalue weighted by molar-refractivity contribution is -0.148. The van der Waals surface area contributed by atoms with Crippen molar-refractivity contribution in [1.29, 1.82) is 0 Å². The zero-order valence-electron chi connectivity index (χ0n) is 9.67. The highest BCUT2D eigenvalue weighted by molar-refractivity contribution is 9.10. The highest BCUT2D eigenvalue weighted by Gasteiger charge is 2.40. The molecule has 1 N–H and O–H groups in total. The maximum absolute atomic E-state index is 11.7. The van der Waals surface area contributed by atoms with Crippen molar-refractivity contribution in [3.05, 3.63) is 34.3 Å². The summed E-state index contributed by atoms with van der Waals surface area (Å²) in [6.45, 7) is 1.41. The Morgan fingerprint density at radius 3 is 2.78 bits per heavy atom. The molecule has 1 aliphatic rings. The molecular weight excluding hydrogens is 318 g/mol. The van der Waals surface area contributed by atoms with E-state index in [1.807, 2.05) is 24.3 Å². The average Bonchev–Trinajstić information content (AvgIpc) is 2.73. The average molecular weight is 330 g/mol. The number of rotatable bonds is 2. The molecule has 1 saturated heterocycles. The summed E-state index contributed by atoms with van der Waals surface area (Å²) in [5.74, 6) is -0.737. The van der Waals surface area contributed by atoms with E-state index in [9.17, 15) is 9.59 Å². The molecule has 1 amide bonds. The van der Waals surface area contributed by atoms with Gasteiger partial charge in [0.1, 0.15) is 11.4 Å². The summed E-state index contributed by atoms with van der Waals surface area (Å²) in [6, 6.07) is 6.86. The number of halogens is 1. The molecule has 0 spiro atoms.